The number of morpholine rings is 1. The summed E-state index contributed by atoms with van der Waals surface area (Å²) in [6.07, 6.45) is 0. The van der Waals surface area contributed by atoms with E-state index in [0.717, 1.165) is 13.1 Å². The van der Waals surface area contributed by atoms with Gasteiger partial charge in [-0.3, -0.25) is 14.5 Å². The molecule has 2 aromatic carbocycles. The lowest BCUT2D eigenvalue weighted by Crippen LogP contribution is -2.42. The van der Waals surface area contributed by atoms with Gasteiger partial charge in [-0.25, -0.2) is 4.39 Å². The third-order valence-electron chi connectivity index (χ3n) is 6.15. The molecule has 2 saturated heterocycles. The molecule has 1 amide bonds. The standard InChI is InChI=1S/C25H27FN2O6/c1-32-18-7-8-19(20(15-18)33-2)22-21(23(29)16-3-5-17(26)6-4-16)24(30)25(31)28(22)10-9-27-11-13-34-14-12-27/h3-8,15,22,29H,9-14H2,1-2H3/b23-21-. The number of hydrogen-bond acceptors (Lipinski definition) is 7. The SMILES string of the molecule is COc1ccc(C2/C(=C(/O)c3ccc(F)cc3)C(=O)C(=O)N2CCN2CCOCC2)c(OC)c1. The molecule has 8 nitrogen and oxygen atoms in total. The number of carbonyl (C=O) groups is 2. The van der Waals surface area contributed by atoms with Crippen molar-refractivity contribution in [2.45, 2.75) is 6.04 Å². The number of carbonyl (C=O) groups excluding carboxylic acids is 2. The smallest absolute Gasteiger partial charge is 0.295 e. The summed E-state index contributed by atoms with van der Waals surface area (Å²) in [7, 11) is 3.01. The number of nitrogens with zero attached hydrogens (tertiary/aromatic N) is 2. The maximum atomic E-state index is 13.4. The van der Waals surface area contributed by atoms with Crippen molar-refractivity contribution < 1.29 is 33.3 Å². The van der Waals surface area contributed by atoms with E-state index in [0.29, 0.717) is 36.8 Å². The minimum absolute atomic E-state index is 0.0675. The van der Waals surface area contributed by atoms with Crippen molar-refractivity contribution in [2.75, 3.05) is 53.6 Å². The Kier molecular flexibility index (Phi) is 7.14. The highest BCUT2D eigenvalue weighted by Crippen LogP contribution is 2.43. The van der Waals surface area contributed by atoms with Gasteiger partial charge in [0, 0.05) is 43.4 Å². The first-order valence-electron chi connectivity index (χ1n) is 11.0. The van der Waals surface area contributed by atoms with Crippen LogP contribution in [0.2, 0.25) is 0 Å². The van der Waals surface area contributed by atoms with E-state index in [-0.39, 0.29) is 23.4 Å². The van der Waals surface area contributed by atoms with Crippen LogP contribution in [0.25, 0.3) is 5.76 Å². The van der Waals surface area contributed by atoms with Gasteiger partial charge < -0.3 is 24.2 Å². The van der Waals surface area contributed by atoms with Gasteiger partial charge in [0.15, 0.2) is 0 Å². The number of rotatable bonds is 7. The minimum Gasteiger partial charge on any atom is -0.507 e. The number of ether oxygens (including phenoxy) is 3. The zero-order valence-electron chi connectivity index (χ0n) is 19.1. The van der Waals surface area contributed by atoms with Crippen molar-refractivity contribution in [3.63, 3.8) is 0 Å². The quantitative estimate of drug-likeness (QED) is 0.378. The summed E-state index contributed by atoms with van der Waals surface area (Å²) in [5.74, 6) is -1.39. The van der Waals surface area contributed by atoms with Crippen LogP contribution in [0.3, 0.4) is 0 Å². The molecule has 0 spiro atoms. The Balaban J connectivity index is 1.79. The van der Waals surface area contributed by atoms with Crippen molar-refractivity contribution in [3.8, 4) is 11.5 Å². The second-order valence-electron chi connectivity index (χ2n) is 8.06. The maximum Gasteiger partial charge on any atom is 0.295 e. The molecule has 0 bridgehead atoms. The Bertz CT molecular complexity index is 1100. The van der Waals surface area contributed by atoms with E-state index in [1.54, 1.807) is 18.2 Å². The second kappa shape index (κ2) is 10.2. The van der Waals surface area contributed by atoms with Crippen LogP contribution in [0, 0.1) is 5.82 Å². The highest BCUT2D eigenvalue weighted by atomic mass is 19.1. The van der Waals surface area contributed by atoms with Gasteiger partial charge in [-0.05, 0) is 36.4 Å². The van der Waals surface area contributed by atoms with Crippen LogP contribution in [0.1, 0.15) is 17.2 Å². The van der Waals surface area contributed by atoms with Crippen LogP contribution in [-0.2, 0) is 14.3 Å². The number of Topliss-reactive ketones (excluding diaryl/α,β-unsaturated/α-hetero) is 1. The normalized spacial score (nSPS) is 20.6. The molecule has 180 valence electrons. The van der Waals surface area contributed by atoms with Crippen molar-refractivity contribution in [3.05, 3.63) is 65.0 Å². The Morgan fingerprint density at radius 3 is 2.41 bits per heavy atom. The number of amides is 1. The van der Waals surface area contributed by atoms with Crippen LogP contribution in [0.5, 0.6) is 11.5 Å². The van der Waals surface area contributed by atoms with Crippen molar-refractivity contribution in [2.24, 2.45) is 0 Å². The number of aliphatic hydroxyl groups is 1. The number of aliphatic hydroxyl groups excluding tert-OH is 1. The average Bonchev–Trinajstić information content (AvgIpc) is 3.12. The molecule has 0 radical (unpaired) electrons. The van der Waals surface area contributed by atoms with Crippen LogP contribution in [0.4, 0.5) is 4.39 Å². The fourth-order valence-corrected chi connectivity index (χ4v) is 4.32. The van der Waals surface area contributed by atoms with Crippen molar-refractivity contribution >= 4 is 17.4 Å². The first-order valence-corrected chi connectivity index (χ1v) is 11.0. The summed E-state index contributed by atoms with van der Waals surface area (Å²) in [4.78, 5) is 29.9. The molecule has 2 heterocycles. The van der Waals surface area contributed by atoms with Crippen molar-refractivity contribution in [1.82, 2.24) is 9.80 Å². The maximum absolute atomic E-state index is 13.4. The van der Waals surface area contributed by atoms with Gasteiger partial charge >= 0.3 is 0 Å². The van der Waals surface area contributed by atoms with Crippen LogP contribution < -0.4 is 9.47 Å². The van der Waals surface area contributed by atoms with Crippen LogP contribution in [-0.4, -0.2) is 80.2 Å². The fourth-order valence-electron chi connectivity index (χ4n) is 4.32. The summed E-state index contributed by atoms with van der Waals surface area (Å²) in [5, 5.41) is 11.1. The Morgan fingerprint density at radius 1 is 1.06 bits per heavy atom. The predicted octanol–water partition coefficient (Wildman–Crippen LogP) is 2.60. The largest absolute Gasteiger partial charge is 0.507 e. The Labute approximate surface area is 197 Å². The topological polar surface area (TPSA) is 88.5 Å². The zero-order valence-corrected chi connectivity index (χ0v) is 19.1. The lowest BCUT2D eigenvalue weighted by Gasteiger charge is -2.31. The summed E-state index contributed by atoms with van der Waals surface area (Å²) in [6, 6.07) is 9.31. The molecule has 2 aliphatic heterocycles. The average molecular weight is 470 g/mol. The van der Waals surface area contributed by atoms with Crippen molar-refractivity contribution in [1.29, 1.82) is 0 Å². The molecule has 1 atom stereocenters. The molecule has 0 saturated carbocycles. The first kappa shape index (κ1) is 23.7. The molecule has 2 fully saturated rings. The zero-order chi connectivity index (χ0) is 24.2. The molecule has 1 N–H and O–H groups in total. The lowest BCUT2D eigenvalue weighted by molar-refractivity contribution is -0.140. The Morgan fingerprint density at radius 2 is 1.76 bits per heavy atom. The second-order valence-corrected chi connectivity index (χ2v) is 8.06. The molecule has 1 unspecified atom stereocenters. The van der Waals surface area contributed by atoms with Crippen LogP contribution in [0.15, 0.2) is 48.0 Å². The molecule has 4 rings (SSSR count). The van der Waals surface area contributed by atoms with Gasteiger partial charge in [0.2, 0.25) is 0 Å². The van der Waals surface area contributed by atoms with Gasteiger partial charge in [-0.1, -0.05) is 0 Å². The number of benzene rings is 2. The third kappa shape index (κ3) is 4.62. The first-order chi connectivity index (χ1) is 16.4. The van der Waals surface area contributed by atoms with Gasteiger partial charge in [0.25, 0.3) is 11.7 Å². The summed E-state index contributed by atoms with van der Waals surface area (Å²) in [5.41, 5.74) is 0.709. The van der Waals surface area contributed by atoms with E-state index in [9.17, 15) is 19.1 Å². The lowest BCUT2D eigenvalue weighted by atomic mass is 9.94. The van der Waals surface area contributed by atoms with E-state index in [2.05, 4.69) is 4.90 Å². The molecule has 0 aromatic heterocycles. The monoisotopic (exact) mass is 470 g/mol. The molecule has 9 heteroatoms. The summed E-state index contributed by atoms with van der Waals surface area (Å²) < 4.78 is 29.7. The summed E-state index contributed by atoms with van der Waals surface area (Å²) >= 11 is 0. The highest BCUT2D eigenvalue weighted by molar-refractivity contribution is 6.46. The van der Waals surface area contributed by atoms with Crippen LogP contribution >= 0.6 is 0 Å². The van der Waals surface area contributed by atoms with Gasteiger partial charge in [0.05, 0.1) is 39.0 Å². The minimum atomic E-state index is -0.882. The van der Waals surface area contributed by atoms with Gasteiger partial charge in [-0.15, -0.1) is 0 Å². The molecule has 0 aliphatic carbocycles. The van der Waals surface area contributed by atoms with E-state index < -0.39 is 23.5 Å². The van der Waals surface area contributed by atoms with E-state index >= 15 is 0 Å². The molecule has 2 aromatic rings. The predicted molar refractivity (Wildman–Crippen MR) is 122 cm³/mol. The highest BCUT2D eigenvalue weighted by Gasteiger charge is 2.47. The number of likely N-dealkylation sites (tertiary alicyclic amines) is 1. The molecular weight excluding hydrogens is 443 g/mol. The van der Waals surface area contributed by atoms with E-state index in [1.165, 1.54) is 43.4 Å². The Hall–Kier alpha value is -3.43. The molecule has 34 heavy (non-hydrogen) atoms. The van der Waals surface area contributed by atoms with E-state index in [1.807, 2.05) is 0 Å². The van der Waals surface area contributed by atoms with Gasteiger partial charge in [0.1, 0.15) is 23.1 Å². The third-order valence-corrected chi connectivity index (χ3v) is 6.15. The van der Waals surface area contributed by atoms with Gasteiger partial charge in [-0.2, -0.15) is 0 Å². The number of halogens is 1. The molecule has 2 aliphatic rings. The number of hydrogen-bond donors (Lipinski definition) is 1. The summed E-state index contributed by atoms with van der Waals surface area (Å²) in [6.45, 7) is 3.50. The number of ketones is 1. The fraction of sp³-hybridized carbons (Fsp3) is 0.360. The number of methoxy groups -OCH3 is 2. The van der Waals surface area contributed by atoms with E-state index in [4.69, 9.17) is 14.2 Å². The molecular formula is C25H27FN2O6.